The lowest BCUT2D eigenvalue weighted by Gasteiger charge is -2.10. The lowest BCUT2D eigenvalue weighted by Crippen LogP contribution is -2.20. The Bertz CT molecular complexity index is 854. The van der Waals surface area contributed by atoms with Gasteiger partial charge in [0.2, 0.25) is 5.91 Å². The highest BCUT2D eigenvalue weighted by molar-refractivity contribution is 6.31. The Morgan fingerprint density at radius 2 is 1.27 bits per heavy atom. The first-order valence-corrected chi connectivity index (χ1v) is 8.93. The van der Waals surface area contributed by atoms with Gasteiger partial charge in [0, 0.05) is 22.7 Å². The Morgan fingerprint density at radius 3 is 1.77 bits per heavy atom. The van der Waals surface area contributed by atoms with Crippen molar-refractivity contribution in [3.05, 3.63) is 112 Å². The molecular formula is C22H17Cl2NO. The lowest BCUT2D eigenvalue weighted by atomic mass is 9.97. The van der Waals surface area contributed by atoms with Crippen molar-refractivity contribution in [1.29, 1.82) is 0 Å². The third-order valence-electron chi connectivity index (χ3n) is 3.90. The van der Waals surface area contributed by atoms with Crippen molar-refractivity contribution < 1.29 is 4.79 Å². The predicted molar refractivity (Wildman–Crippen MR) is 108 cm³/mol. The second-order valence-electron chi connectivity index (χ2n) is 5.78. The van der Waals surface area contributed by atoms with Crippen LogP contribution in [-0.2, 0) is 11.3 Å². The van der Waals surface area contributed by atoms with E-state index in [0.29, 0.717) is 16.6 Å². The molecule has 0 fully saturated rings. The normalized spacial score (nSPS) is 10.2. The van der Waals surface area contributed by atoms with Gasteiger partial charge < -0.3 is 5.32 Å². The van der Waals surface area contributed by atoms with Gasteiger partial charge in [0.1, 0.15) is 0 Å². The van der Waals surface area contributed by atoms with Crippen LogP contribution in [0.4, 0.5) is 0 Å². The molecule has 3 rings (SSSR count). The van der Waals surface area contributed by atoms with Crippen molar-refractivity contribution in [2.75, 3.05) is 0 Å². The van der Waals surface area contributed by atoms with Crippen LogP contribution in [0.1, 0.15) is 16.7 Å². The first-order valence-electron chi connectivity index (χ1n) is 8.17. The largest absolute Gasteiger partial charge is 0.348 e. The molecule has 2 nitrogen and oxygen atoms in total. The van der Waals surface area contributed by atoms with Gasteiger partial charge in [-0.1, -0.05) is 77.8 Å². The third-order valence-corrected chi connectivity index (χ3v) is 4.40. The average Bonchev–Trinajstić information content (AvgIpc) is 2.67. The Labute approximate surface area is 163 Å². The molecule has 3 aromatic rings. The number of halogens is 2. The molecular weight excluding hydrogens is 365 g/mol. The van der Waals surface area contributed by atoms with Gasteiger partial charge >= 0.3 is 0 Å². The zero-order valence-electron chi connectivity index (χ0n) is 14.0. The van der Waals surface area contributed by atoms with E-state index in [9.17, 15) is 4.79 Å². The zero-order chi connectivity index (χ0) is 18.4. The second-order valence-corrected chi connectivity index (χ2v) is 6.65. The minimum Gasteiger partial charge on any atom is -0.348 e. The predicted octanol–water partition coefficient (Wildman–Crippen LogP) is 5.74. The maximum absolute atomic E-state index is 12.5. The molecule has 1 N–H and O–H groups in total. The summed E-state index contributed by atoms with van der Waals surface area (Å²) >= 11 is 12.0. The van der Waals surface area contributed by atoms with Crippen LogP contribution >= 0.6 is 23.2 Å². The van der Waals surface area contributed by atoms with Crippen LogP contribution in [0.3, 0.4) is 0 Å². The number of hydrogen-bond acceptors (Lipinski definition) is 1. The molecule has 0 radical (unpaired) electrons. The Kier molecular flexibility index (Phi) is 6.11. The lowest BCUT2D eigenvalue weighted by molar-refractivity contribution is -0.116. The maximum Gasteiger partial charge on any atom is 0.244 e. The van der Waals surface area contributed by atoms with Crippen molar-refractivity contribution in [1.82, 2.24) is 5.32 Å². The summed E-state index contributed by atoms with van der Waals surface area (Å²) in [6.07, 6.45) is 1.61. The molecule has 130 valence electrons. The van der Waals surface area contributed by atoms with Crippen molar-refractivity contribution >= 4 is 34.7 Å². The molecule has 0 aliphatic heterocycles. The molecule has 0 aliphatic rings. The van der Waals surface area contributed by atoms with E-state index in [1.807, 2.05) is 78.9 Å². The van der Waals surface area contributed by atoms with Gasteiger partial charge in [0.15, 0.2) is 0 Å². The summed E-state index contributed by atoms with van der Waals surface area (Å²) in [7, 11) is 0. The molecule has 0 heterocycles. The van der Waals surface area contributed by atoms with E-state index in [2.05, 4.69) is 5.32 Å². The zero-order valence-corrected chi connectivity index (χ0v) is 15.5. The number of rotatable bonds is 5. The Hall–Kier alpha value is -2.55. The van der Waals surface area contributed by atoms with E-state index < -0.39 is 0 Å². The highest BCUT2D eigenvalue weighted by atomic mass is 35.5. The van der Waals surface area contributed by atoms with Crippen molar-refractivity contribution in [3.8, 4) is 0 Å². The fourth-order valence-electron chi connectivity index (χ4n) is 2.56. The van der Waals surface area contributed by atoms with Crippen LogP contribution in [0.15, 0.2) is 84.9 Å². The number of amides is 1. The molecule has 0 saturated carbocycles. The minimum absolute atomic E-state index is 0.159. The Morgan fingerprint density at radius 1 is 0.769 bits per heavy atom. The molecule has 26 heavy (non-hydrogen) atoms. The van der Waals surface area contributed by atoms with Gasteiger partial charge in [-0.25, -0.2) is 0 Å². The quantitative estimate of drug-likeness (QED) is 0.560. The summed E-state index contributed by atoms with van der Waals surface area (Å²) in [5.41, 5.74) is 3.68. The fourth-order valence-corrected chi connectivity index (χ4v) is 2.81. The number of benzene rings is 3. The molecule has 3 aromatic carbocycles. The Balaban J connectivity index is 1.86. The van der Waals surface area contributed by atoms with Crippen LogP contribution in [0.25, 0.3) is 5.57 Å². The first kappa shape index (κ1) is 18.2. The van der Waals surface area contributed by atoms with Gasteiger partial charge in [-0.05, 0) is 46.5 Å². The topological polar surface area (TPSA) is 29.1 Å². The van der Waals surface area contributed by atoms with E-state index in [1.54, 1.807) is 6.08 Å². The average molecular weight is 382 g/mol. The summed E-state index contributed by atoms with van der Waals surface area (Å²) in [4.78, 5) is 12.5. The van der Waals surface area contributed by atoms with Crippen LogP contribution < -0.4 is 5.32 Å². The highest BCUT2D eigenvalue weighted by Gasteiger charge is 2.08. The monoisotopic (exact) mass is 381 g/mol. The van der Waals surface area contributed by atoms with Crippen LogP contribution in [-0.4, -0.2) is 5.91 Å². The van der Waals surface area contributed by atoms with Crippen molar-refractivity contribution in [2.24, 2.45) is 0 Å². The highest BCUT2D eigenvalue weighted by Crippen LogP contribution is 2.26. The molecule has 0 atom stereocenters. The SMILES string of the molecule is O=C(C=C(c1ccc(Cl)cc1)c1ccc(Cl)cc1)NCc1ccccc1. The molecule has 0 aliphatic carbocycles. The first-order chi connectivity index (χ1) is 12.6. The van der Waals surface area contributed by atoms with Crippen molar-refractivity contribution in [2.45, 2.75) is 6.54 Å². The smallest absolute Gasteiger partial charge is 0.244 e. The van der Waals surface area contributed by atoms with Crippen molar-refractivity contribution in [3.63, 3.8) is 0 Å². The number of nitrogens with one attached hydrogen (secondary N) is 1. The molecule has 0 unspecified atom stereocenters. The summed E-state index contributed by atoms with van der Waals surface area (Å²) in [6.45, 7) is 0.477. The van der Waals surface area contributed by atoms with Crippen LogP contribution in [0, 0.1) is 0 Å². The molecule has 1 amide bonds. The summed E-state index contributed by atoms with van der Waals surface area (Å²) in [5, 5.41) is 4.23. The van der Waals surface area contributed by atoms with Gasteiger partial charge in [-0.3, -0.25) is 4.79 Å². The van der Waals surface area contributed by atoms with E-state index in [0.717, 1.165) is 22.3 Å². The molecule has 0 bridgehead atoms. The van der Waals surface area contributed by atoms with Crippen LogP contribution in [0.5, 0.6) is 0 Å². The van der Waals surface area contributed by atoms with E-state index >= 15 is 0 Å². The molecule has 4 heteroatoms. The van der Waals surface area contributed by atoms with Gasteiger partial charge in [0.05, 0.1) is 0 Å². The van der Waals surface area contributed by atoms with E-state index in [-0.39, 0.29) is 5.91 Å². The molecule has 0 saturated heterocycles. The fraction of sp³-hybridized carbons (Fsp3) is 0.0455. The van der Waals surface area contributed by atoms with Gasteiger partial charge in [-0.15, -0.1) is 0 Å². The summed E-state index contributed by atoms with van der Waals surface area (Å²) in [5.74, 6) is -0.159. The summed E-state index contributed by atoms with van der Waals surface area (Å²) < 4.78 is 0. The van der Waals surface area contributed by atoms with Gasteiger partial charge in [-0.2, -0.15) is 0 Å². The standard InChI is InChI=1S/C22H17Cl2NO/c23-19-10-6-17(7-11-19)21(18-8-12-20(24)13-9-18)14-22(26)25-15-16-4-2-1-3-5-16/h1-14H,15H2,(H,25,26). The number of hydrogen-bond donors (Lipinski definition) is 1. The van der Waals surface area contributed by atoms with Crippen LogP contribution in [0.2, 0.25) is 10.0 Å². The molecule has 0 aromatic heterocycles. The number of carbonyl (C=O) groups excluding carboxylic acids is 1. The second kappa shape index (κ2) is 8.70. The minimum atomic E-state index is -0.159. The van der Waals surface area contributed by atoms with E-state index in [4.69, 9.17) is 23.2 Å². The third kappa shape index (κ3) is 4.98. The maximum atomic E-state index is 12.5. The van der Waals surface area contributed by atoms with Gasteiger partial charge in [0.25, 0.3) is 0 Å². The van der Waals surface area contributed by atoms with E-state index in [1.165, 1.54) is 0 Å². The molecule has 0 spiro atoms. The number of carbonyl (C=O) groups is 1. The summed E-state index contributed by atoms with van der Waals surface area (Å²) in [6, 6.07) is 24.6.